The highest BCUT2D eigenvalue weighted by atomic mass is 16.5. The quantitative estimate of drug-likeness (QED) is 0.755. The molecule has 2 aromatic heterocycles. The Labute approximate surface area is 98.4 Å². The minimum absolute atomic E-state index is 0.340. The zero-order valence-corrected chi connectivity index (χ0v) is 9.59. The lowest BCUT2D eigenvalue weighted by molar-refractivity contribution is 0.0518. The van der Waals surface area contributed by atoms with E-state index in [0.717, 1.165) is 5.69 Å². The van der Waals surface area contributed by atoms with Crippen molar-refractivity contribution in [3.05, 3.63) is 30.0 Å². The Kier molecular flexibility index (Phi) is 2.31. The van der Waals surface area contributed by atoms with E-state index in [1.54, 1.807) is 17.5 Å². The summed E-state index contributed by atoms with van der Waals surface area (Å²) in [5, 5.41) is 0. The molecule has 17 heavy (non-hydrogen) atoms. The molecule has 0 amide bonds. The van der Waals surface area contributed by atoms with E-state index in [2.05, 4.69) is 9.97 Å². The number of imidazole rings is 1. The Morgan fingerprint density at radius 2 is 2.29 bits per heavy atom. The van der Waals surface area contributed by atoms with Crippen LogP contribution in [0.25, 0.3) is 5.65 Å². The van der Waals surface area contributed by atoms with Crippen LogP contribution in [0.15, 0.2) is 18.6 Å². The van der Waals surface area contributed by atoms with Crippen LogP contribution in [0.3, 0.4) is 0 Å². The monoisotopic (exact) mass is 231 g/mol. The van der Waals surface area contributed by atoms with Crippen LogP contribution in [0.5, 0.6) is 0 Å². The van der Waals surface area contributed by atoms with Crippen LogP contribution in [0, 0.1) is 0 Å². The van der Waals surface area contributed by atoms with Gasteiger partial charge in [-0.1, -0.05) is 0 Å². The highest BCUT2D eigenvalue weighted by Gasteiger charge is 2.26. The van der Waals surface area contributed by atoms with Gasteiger partial charge in [0.05, 0.1) is 24.7 Å². The molecule has 3 rings (SSSR count). The van der Waals surface area contributed by atoms with Gasteiger partial charge in [0.25, 0.3) is 0 Å². The molecule has 1 saturated carbocycles. The first kappa shape index (κ1) is 10.3. The van der Waals surface area contributed by atoms with Gasteiger partial charge >= 0.3 is 5.97 Å². The molecule has 2 heterocycles. The van der Waals surface area contributed by atoms with E-state index in [1.165, 1.54) is 19.0 Å². The van der Waals surface area contributed by atoms with Crippen molar-refractivity contribution < 1.29 is 9.53 Å². The number of hydrogen-bond donors (Lipinski definition) is 0. The molecule has 1 aliphatic rings. The van der Waals surface area contributed by atoms with Crippen molar-refractivity contribution in [3.8, 4) is 0 Å². The number of esters is 1. The van der Waals surface area contributed by atoms with Gasteiger partial charge in [0, 0.05) is 12.1 Å². The number of hydrogen-bond acceptors (Lipinski definition) is 4. The van der Waals surface area contributed by atoms with Gasteiger partial charge in [0.2, 0.25) is 0 Å². The third kappa shape index (κ3) is 1.77. The zero-order valence-electron chi connectivity index (χ0n) is 9.59. The van der Waals surface area contributed by atoms with E-state index in [4.69, 9.17) is 4.74 Å². The van der Waals surface area contributed by atoms with Crippen molar-refractivity contribution >= 4 is 11.6 Å². The first-order valence-electron chi connectivity index (χ1n) is 5.79. The van der Waals surface area contributed by atoms with Crippen LogP contribution in [0.1, 0.15) is 41.9 Å². The van der Waals surface area contributed by atoms with E-state index in [0.29, 0.717) is 23.9 Å². The standard InChI is InChI=1S/C12H13N3O2/c1-2-17-12(16)10-5-14-11-6-13-9(7-15(10)11)8-3-4-8/h5-8H,2-4H2,1H3. The predicted molar refractivity (Wildman–Crippen MR) is 60.9 cm³/mol. The van der Waals surface area contributed by atoms with Crippen molar-refractivity contribution in [2.75, 3.05) is 6.61 Å². The smallest absolute Gasteiger partial charge is 0.356 e. The molecule has 2 aromatic rings. The van der Waals surface area contributed by atoms with Crippen molar-refractivity contribution in [1.82, 2.24) is 14.4 Å². The van der Waals surface area contributed by atoms with Gasteiger partial charge in [-0.15, -0.1) is 0 Å². The number of fused-ring (bicyclic) bond motifs is 1. The largest absolute Gasteiger partial charge is 0.461 e. The predicted octanol–water partition coefficient (Wildman–Crippen LogP) is 1.78. The van der Waals surface area contributed by atoms with Crippen LogP contribution in [0.4, 0.5) is 0 Å². The number of ether oxygens (including phenoxy) is 1. The van der Waals surface area contributed by atoms with E-state index >= 15 is 0 Å². The molecule has 0 spiro atoms. The van der Waals surface area contributed by atoms with Gasteiger partial charge < -0.3 is 4.74 Å². The summed E-state index contributed by atoms with van der Waals surface area (Å²) in [6.45, 7) is 2.16. The molecule has 1 aliphatic carbocycles. The van der Waals surface area contributed by atoms with Crippen LogP contribution in [-0.4, -0.2) is 26.9 Å². The normalized spacial score (nSPS) is 15.1. The molecule has 0 unspecified atom stereocenters. The highest BCUT2D eigenvalue weighted by molar-refractivity contribution is 5.88. The van der Waals surface area contributed by atoms with Crippen LogP contribution in [0.2, 0.25) is 0 Å². The van der Waals surface area contributed by atoms with Gasteiger partial charge in [-0.3, -0.25) is 9.38 Å². The number of aromatic nitrogens is 3. The second-order valence-corrected chi connectivity index (χ2v) is 4.18. The Morgan fingerprint density at radius 3 is 3.00 bits per heavy atom. The average molecular weight is 231 g/mol. The van der Waals surface area contributed by atoms with E-state index < -0.39 is 0 Å². The number of carbonyl (C=O) groups is 1. The maximum Gasteiger partial charge on any atom is 0.356 e. The highest BCUT2D eigenvalue weighted by Crippen LogP contribution is 2.38. The lowest BCUT2D eigenvalue weighted by Crippen LogP contribution is -2.08. The molecule has 88 valence electrons. The van der Waals surface area contributed by atoms with Crippen molar-refractivity contribution in [2.24, 2.45) is 0 Å². The number of nitrogens with zero attached hydrogens (tertiary/aromatic N) is 3. The maximum atomic E-state index is 11.7. The van der Waals surface area contributed by atoms with Crippen LogP contribution >= 0.6 is 0 Å². The van der Waals surface area contributed by atoms with Gasteiger partial charge in [-0.05, 0) is 19.8 Å². The zero-order chi connectivity index (χ0) is 11.8. The Bertz CT molecular complexity index is 572. The summed E-state index contributed by atoms with van der Waals surface area (Å²) in [6, 6.07) is 0. The Morgan fingerprint density at radius 1 is 1.47 bits per heavy atom. The molecular formula is C12H13N3O2. The minimum atomic E-state index is -0.340. The maximum absolute atomic E-state index is 11.7. The first-order chi connectivity index (χ1) is 8.29. The van der Waals surface area contributed by atoms with Crippen molar-refractivity contribution in [2.45, 2.75) is 25.7 Å². The molecule has 1 fully saturated rings. The summed E-state index contributed by atoms with van der Waals surface area (Å²) in [7, 11) is 0. The molecule has 0 radical (unpaired) electrons. The first-order valence-corrected chi connectivity index (χ1v) is 5.79. The van der Waals surface area contributed by atoms with E-state index in [9.17, 15) is 4.79 Å². The van der Waals surface area contributed by atoms with Crippen molar-refractivity contribution in [1.29, 1.82) is 0 Å². The van der Waals surface area contributed by atoms with Crippen LogP contribution < -0.4 is 0 Å². The summed E-state index contributed by atoms with van der Waals surface area (Å²) >= 11 is 0. The Balaban J connectivity index is 2.05. The number of rotatable bonds is 3. The molecule has 0 atom stereocenters. The lowest BCUT2D eigenvalue weighted by atomic mass is 10.3. The fourth-order valence-electron chi connectivity index (χ4n) is 1.85. The summed E-state index contributed by atoms with van der Waals surface area (Å²) in [6.07, 6.45) is 7.50. The molecule has 5 nitrogen and oxygen atoms in total. The second kappa shape index (κ2) is 3.84. The average Bonchev–Trinajstić information content (AvgIpc) is 3.09. The molecular weight excluding hydrogens is 218 g/mol. The molecule has 0 aromatic carbocycles. The van der Waals surface area contributed by atoms with E-state index in [-0.39, 0.29) is 5.97 Å². The third-order valence-electron chi connectivity index (χ3n) is 2.90. The molecule has 5 heteroatoms. The fraction of sp³-hybridized carbons (Fsp3) is 0.417. The third-order valence-corrected chi connectivity index (χ3v) is 2.90. The summed E-state index contributed by atoms with van der Waals surface area (Å²) in [4.78, 5) is 20.2. The van der Waals surface area contributed by atoms with Crippen LogP contribution in [-0.2, 0) is 4.74 Å². The summed E-state index contributed by atoms with van der Waals surface area (Å²) in [5.41, 5.74) is 2.17. The van der Waals surface area contributed by atoms with Gasteiger partial charge in [-0.25, -0.2) is 9.78 Å². The molecule has 0 bridgehead atoms. The number of carbonyl (C=O) groups excluding carboxylic acids is 1. The van der Waals surface area contributed by atoms with Gasteiger partial charge in [0.15, 0.2) is 11.3 Å². The minimum Gasteiger partial charge on any atom is -0.461 e. The fourth-order valence-corrected chi connectivity index (χ4v) is 1.85. The molecule has 0 saturated heterocycles. The topological polar surface area (TPSA) is 56.5 Å². The summed E-state index contributed by atoms with van der Waals surface area (Å²) < 4.78 is 6.75. The van der Waals surface area contributed by atoms with Crippen molar-refractivity contribution in [3.63, 3.8) is 0 Å². The lowest BCUT2D eigenvalue weighted by Gasteiger charge is -2.03. The van der Waals surface area contributed by atoms with E-state index in [1.807, 2.05) is 6.20 Å². The molecule has 0 N–H and O–H groups in total. The Hall–Kier alpha value is -1.91. The van der Waals surface area contributed by atoms with Gasteiger partial charge in [0.1, 0.15) is 0 Å². The summed E-state index contributed by atoms with van der Waals surface area (Å²) in [5.74, 6) is 0.213. The molecule has 0 aliphatic heterocycles. The SMILES string of the molecule is CCOC(=O)c1cnc2cnc(C3CC3)cn12. The van der Waals surface area contributed by atoms with Gasteiger partial charge in [-0.2, -0.15) is 0 Å². The second-order valence-electron chi connectivity index (χ2n) is 4.18.